The van der Waals surface area contributed by atoms with Crippen molar-refractivity contribution in [3.8, 4) is 0 Å². The number of rotatable bonds is 4. The van der Waals surface area contributed by atoms with Crippen molar-refractivity contribution in [3.05, 3.63) is 29.8 Å². The summed E-state index contributed by atoms with van der Waals surface area (Å²) in [6.07, 6.45) is 0.0927. The Balaban J connectivity index is 2.86. The molecule has 0 fully saturated rings. The summed E-state index contributed by atoms with van der Waals surface area (Å²) in [5.74, 6) is -0.737. The van der Waals surface area contributed by atoms with Gasteiger partial charge in [0.05, 0.1) is 12.5 Å². The van der Waals surface area contributed by atoms with Crippen LogP contribution in [0.5, 0.6) is 0 Å². The van der Waals surface area contributed by atoms with Crippen LogP contribution >= 0.6 is 0 Å². The smallest absolute Gasteiger partial charge is 0.241 e. The predicted molar refractivity (Wildman–Crippen MR) is 61.6 cm³/mol. The number of primary amides is 1. The normalized spacial score (nSPS) is 11.9. The molecule has 0 bridgehead atoms. The molecule has 1 aromatic carbocycles. The SMILES string of the molecule is C[C@@H](N)C(=O)Nc1ccccc1CC(N)=O. The molecule has 1 rings (SSSR count). The molecule has 86 valence electrons. The molecular weight excluding hydrogens is 206 g/mol. The topological polar surface area (TPSA) is 98.2 Å². The fourth-order valence-electron chi connectivity index (χ4n) is 1.23. The summed E-state index contributed by atoms with van der Waals surface area (Å²) in [5.41, 5.74) is 11.8. The van der Waals surface area contributed by atoms with Crippen molar-refractivity contribution >= 4 is 17.5 Å². The van der Waals surface area contributed by atoms with E-state index in [4.69, 9.17) is 11.5 Å². The van der Waals surface area contributed by atoms with Gasteiger partial charge in [0.1, 0.15) is 0 Å². The Kier molecular flexibility index (Phi) is 4.02. The van der Waals surface area contributed by atoms with Gasteiger partial charge < -0.3 is 16.8 Å². The van der Waals surface area contributed by atoms with Crippen LogP contribution in [-0.2, 0) is 16.0 Å². The van der Waals surface area contributed by atoms with Gasteiger partial charge in [-0.2, -0.15) is 0 Å². The maximum atomic E-state index is 11.4. The molecule has 2 amide bonds. The number of nitrogens with two attached hydrogens (primary N) is 2. The zero-order valence-corrected chi connectivity index (χ0v) is 9.07. The van der Waals surface area contributed by atoms with E-state index in [0.717, 1.165) is 0 Å². The van der Waals surface area contributed by atoms with Crippen molar-refractivity contribution in [2.24, 2.45) is 11.5 Å². The van der Waals surface area contributed by atoms with E-state index in [2.05, 4.69) is 5.32 Å². The number of carbonyl (C=O) groups excluding carboxylic acids is 2. The summed E-state index contributed by atoms with van der Waals surface area (Å²) in [7, 11) is 0. The molecule has 1 aromatic rings. The minimum atomic E-state index is -0.596. The van der Waals surface area contributed by atoms with Gasteiger partial charge in [-0.25, -0.2) is 0 Å². The van der Waals surface area contributed by atoms with Crippen molar-refractivity contribution in [2.45, 2.75) is 19.4 Å². The number of amides is 2. The second-order valence-electron chi connectivity index (χ2n) is 3.58. The lowest BCUT2D eigenvalue weighted by molar-refractivity contribution is -0.118. The number of hydrogen-bond acceptors (Lipinski definition) is 3. The molecule has 0 spiro atoms. The summed E-state index contributed by atoms with van der Waals surface area (Å²) >= 11 is 0. The summed E-state index contributed by atoms with van der Waals surface area (Å²) < 4.78 is 0. The van der Waals surface area contributed by atoms with Gasteiger partial charge in [0.2, 0.25) is 11.8 Å². The van der Waals surface area contributed by atoms with Crippen LogP contribution in [0.3, 0.4) is 0 Å². The van der Waals surface area contributed by atoms with Crippen LogP contribution in [-0.4, -0.2) is 17.9 Å². The quantitative estimate of drug-likeness (QED) is 0.667. The maximum absolute atomic E-state index is 11.4. The van der Waals surface area contributed by atoms with E-state index in [1.165, 1.54) is 0 Å². The van der Waals surface area contributed by atoms with Crippen LogP contribution < -0.4 is 16.8 Å². The van der Waals surface area contributed by atoms with Crippen molar-refractivity contribution in [1.82, 2.24) is 0 Å². The standard InChI is InChI=1S/C11H15N3O2/c1-7(12)11(16)14-9-5-3-2-4-8(9)6-10(13)15/h2-5,7H,6,12H2,1H3,(H2,13,15)(H,14,16)/t7-/m1/s1. The first-order valence-electron chi connectivity index (χ1n) is 4.93. The minimum Gasteiger partial charge on any atom is -0.369 e. The van der Waals surface area contributed by atoms with Gasteiger partial charge >= 0.3 is 0 Å². The Labute approximate surface area is 93.8 Å². The van der Waals surface area contributed by atoms with Gasteiger partial charge in [0, 0.05) is 5.69 Å². The lowest BCUT2D eigenvalue weighted by atomic mass is 10.1. The second-order valence-corrected chi connectivity index (χ2v) is 3.58. The van der Waals surface area contributed by atoms with Gasteiger partial charge in [-0.05, 0) is 18.6 Å². The van der Waals surface area contributed by atoms with Crippen LogP contribution in [0.2, 0.25) is 0 Å². The fourth-order valence-corrected chi connectivity index (χ4v) is 1.23. The van der Waals surface area contributed by atoms with Crippen molar-refractivity contribution in [3.63, 3.8) is 0 Å². The molecule has 0 saturated carbocycles. The summed E-state index contributed by atoms with van der Waals surface area (Å²) in [6.45, 7) is 1.59. The molecule has 5 heteroatoms. The first kappa shape index (κ1) is 12.2. The number of hydrogen-bond donors (Lipinski definition) is 3. The largest absolute Gasteiger partial charge is 0.369 e. The third-order valence-electron chi connectivity index (χ3n) is 2.05. The molecule has 0 aliphatic rings. The Hall–Kier alpha value is -1.88. The molecule has 5 nitrogen and oxygen atoms in total. The Morgan fingerprint density at radius 1 is 1.38 bits per heavy atom. The van der Waals surface area contributed by atoms with E-state index >= 15 is 0 Å². The molecule has 0 aromatic heterocycles. The molecule has 0 aliphatic heterocycles. The third-order valence-corrected chi connectivity index (χ3v) is 2.05. The highest BCUT2D eigenvalue weighted by Crippen LogP contribution is 2.15. The maximum Gasteiger partial charge on any atom is 0.241 e. The van der Waals surface area contributed by atoms with Crippen LogP contribution in [0.25, 0.3) is 0 Å². The van der Waals surface area contributed by atoms with Gasteiger partial charge in [-0.3, -0.25) is 9.59 Å². The zero-order chi connectivity index (χ0) is 12.1. The third kappa shape index (κ3) is 3.36. The molecular formula is C11H15N3O2. The van der Waals surface area contributed by atoms with Crippen LogP contribution in [0.15, 0.2) is 24.3 Å². The summed E-state index contributed by atoms with van der Waals surface area (Å²) in [6, 6.07) is 6.39. The van der Waals surface area contributed by atoms with Crippen LogP contribution in [0, 0.1) is 0 Å². The van der Waals surface area contributed by atoms with Crippen molar-refractivity contribution in [1.29, 1.82) is 0 Å². The van der Waals surface area contributed by atoms with E-state index in [1.807, 2.05) is 0 Å². The molecule has 0 heterocycles. The number of benzene rings is 1. The number of anilines is 1. The lowest BCUT2D eigenvalue weighted by Crippen LogP contribution is -2.33. The van der Waals surface area contributed by atoms with Gasteiger partial charge in [-0.15, -0.1) is 0 Å². The Morgan fingerprint density at radius 3 is 2.56 bits per heavy atom. The predicted octanol–water partition coefficient (Wildman–Crippen LogP) is 0.0001000. The average molecular weight is 221 g/mol. The molecule has 0 aliphatic carbocycles. The van der Waals surface area contributed by atoms with Crippen LogP contribution in [0.4, 0.5) is 5.69 Å². The van der Waals surface area contributed by atoms with Gasteiger partial charge in [0.25, 0.3) is 0 Å². The molecule has 5 N–H and O–H groups in total. The highest BCUT2D eigenvalue weighted by molar-refractivity contribution is 5.95. The average Bonchev–Trinajstić information content (AvgIpc) is 2.20. The van der Waals surface area contributed by atoms with E-state index in [9.17, 15) is 9.59 Å². The number of nitrogens with one attached hydrogen (secondary N) is 1. The molecule has 0 radical (unpaired) electrons. The monoisotopic (exact) mass is 221 g/mol. The summed E-state index contributed by atoms with van der Waals surface area (Å²) in [5, 5.41) is 2.64. The van der Waals surface area contributed by atoms with Gasteiger partial charge in [-0.1, -0.05) is 18.2 Å². The first-order chi connectivity index (χ1) is 7.50. The molecule has 0 saturated heterocycles. The van der Waals surface area contributed by atoms with E-state index in [0.29, 0.717) is 11.3 Å². The van der Waals surface area contributed by atoms with Crippen molar-refractivity contribution in [2.75, 3.05) is 5.32 Å². The molecule has 1 atom stereocenters. The first-order valence-corrected chi connectivity index (χ1v) is 4.93. The van der Waals surface area contributed by atoms with Crippen LogP contribution in [0.1, 0.15) is 12.5 Å². The molecule has 16 heavy (non-hydrogen) atoms. The highest BCUT2D eigenvalue weighted by Gasteiger charge is 2.10. The minimum absolute atomic E-state index is 0.0927. The number of carbonyl (C=O) groups is 2. The zero-order valence-electron chi connectivity index (χ0n) is 9.07. The lowest BCUT2D eigenvalue weighted by Gasteiger charge is -2.11. The Bertz CT molecular complexity index is 402. The van der Waals surface area contributed by atoms with E-state index in [1.54, 1.807) is 31.2 Å². The van der Waals surface area contributed by atoms with Gasteiger partial charge in [0.15, 0.2) is 0 Å². The highest BCUT2D eigenvalue weighted by atomic mass is 16.2. The summed E-state index contributed by atoms with van der Waals surface area (Å²) in [4.78, 5) is 22.2. The second kappa shape index (κ2) is 5.27. The van der Waals surface area contributed by atoms with E-state index in [-0.39, 0.29) is 12.3 Å². The van der Waals surface area contributed by atoms with Crippen molar-refractivity contribution < 1.29 is 9.59 Å². The number of para-hydroxylation sites is 1. The Morgan fingerprint density at radius 2 is 2.00 bits per heavy atom. The van der Waals surface area contributed by atoms with E-state index < -0.39 is 11.9 Å². The molecule has 0 unspecified atom stereocenters. The fraction of sp³-hybridized carbons (Fsp3) is 0.273.